The molecule has 2 rings (SSSR count). The van der Waals surface area contributed by atoms with E-state index < -0.39 is 17.5 Å². The maximum absolute atomic E-state index is 12.5. The van der Waals surface area contributed by atoms with Crippen molar-refractivity contribution in [3.63, 3.8) is 0 Å². The molecule has 1 heterocycles. The molecule has 0 saturated heterocycles. The number of cyclic esters (lactones) is 1. The molecule has 0 aromatic heterocycles. The molecule has 0 atom stereocenters. The molecule has 6 nitrogen and oxygen atoms in total. The van der Waals surface area contributed by atoms with Crippen LogP contribution in [0.25, 0.3) is 0 Å². The normalized spacial score (nSPS) is 14.0. The van der Waals surface area contributed by atoms with Crippen molar-refractivity contribution in [2.75, 3.05) is 6.61 Å². The molecule has 0 saturated carbocycles. The summed E-state index contributed by atoms with van der Waals surface area (Å²) in [7, 11) is 0. The fraction of sp³-hybridized carbons (Fsp3) is 0.450. The summed E-state index contributed by atoms with van der Waals surface area (Å²) in [5.74, 6) is -1.72. The number of carboxylic acids is 1. The smallest absolute Gasteiger partial charge is 0.338 e. The van der Waals surface area contributed by atoms with Crippen LogP contribution in [-0.4, -0.2) is 35.2 Å². The maximum atomic E-state index is 12.5. The van der Waals surface area contributed by atoms with Gasteiger partial charge in [-0.15, -0.1) is 0 Å². The lowest BCUT2D eigenvalue weighted by atomic mass is 9.90. The second kappa shape index (κ2) is 7.72. The molecule has 0 fully saturated rings. The Morgan fingerprint density at radius 2 is 1.96 bits per heavy atom. The summed E-state index contributed by atoms with van der Waals surface area (Å²) in [5.41, 5.74) is 2.60. The zero-order chi connectivity index (χ0) is 19.5. The summed E-state index contributed by atoms with van der Waals surface area (Å²) < 4.78 is 10.4. The van der Waals surface area contributed by atoms with Gasteiger partial charge in [-0.25, -0.2) is 9.59 Å². The number of carbonyl (C=O) groups is 3. The van der Waals surface area contributed by atoms with Gasteiger partial charge < -0.3 is 14.6 Å². The van der Waals surface area contributed by atoms with Crippen molar-refractivity contribution in [1.82, 2.24) is 0 Å². The van der Waals surface area contributed by atoms with Gasteiger partial charge in [-0.05, 0) is 62.9 Å². The molecule has 1 N–H and O–H groups in total. The van der Waals surface area contributed by atoms with Gasteiger partial charge in [0.15, 0.2) is 0 Å². The molecular weight excluding hydrogens is 336 g/mol. The molecule has 0 unspecified atom stereocenters. The van der Waals surface area contributed by atoms with Crippen LogP contribution in [-0.2, 0) is 31.9 Å². The molecule has 0 radical (unpaired) electrons. The third-order valence-corrected chi connectivity index (χ3v) is 4.09. The topological polar surface area (TPSA) is 89.9 Å². The Morgan fingerprint density at radius 1 is 1.27 bits per heavy atom. The SMILES string of the molecule is Cc1c(C(=O)OC(C)(C)C)ccc(CC2=CCOC2=O)c1CCC(=O)O. The van der Waals surface area contributed by atoms with E-state index in [0.29, 0.717) is 23.1 Å². The predicted molar refractivity (Wildman–Crippen MR) is 95.1 cm³/mol. The predicted octanol–water partition coefficient (Wildman–Crippen LogP) is 2.99. The lowest BCUT2D eigenvalue weighted by molar-refractivity contribution is -0.137. The number of carboxylic acid groups (broad SMARTS) is 1. The number of hydrogen-bond donors (Lipinski definition) is 1. The van der Waals surface area contributed by atoms with Gasteiger partial charge in [0.25, 0.3) is 0 Å². The van der Waals surface area contributed by atoms with Crippen LogP contribution in [0.5, 0.6) is 0 Å². The van der Waals surface area contributed by atoms with Crippen LogP contribution in [0, 0.1) is 6.92 Å². The number of ether oxygens (including phenoxy) is 2. The van der Waals surface area contributed by atoms with E-state index in [1.165, 1.54) is 0 Å². The van der Waals surface area contributed by atoms with Crippen LogP contribution >= 0.6 is 0 Å². The zero-order valence-electron chi connectivity index (χ0n) is 15.5. The molecular formula is C20H24O6. The highest BCUT2D eigenvalue weighted by atomic mass is 16.6. The Labute approximate surface area is 152 Å². The van der Waals surface area contributed by atoms with Crippen LogP contribution in [0.1, 0.15) is 54.2 Å². The Bertz CT molecular complexity index is 767. The van der Waals surface area contributed by atoms with Gasteiger partial charge >= 0.3 is 17.9 Å². The van der Waals surface area contributed by atoms with Gasteiger partial charge in [-0.1, -0.05) is 6.07 Å². The number of carbonyl (C=O) groups excluding carboxylic acids is 2. The molecule has 1 aliphatic heterocycles. The quantitative estimate of drug-likeness (QED) is 0.785. The molecule has 6 heteroatoms. The molecule has 1 aromatic rings. The highest BCUT2D eigenvalue weighted by molar-refractivity contribution is 5.93. The van der Waals surface area contributed by atoms with E-state index >= 15 is 0 Å². The number of benzene rings is 1. The van der Waals surface area contributed by atoms with E-state index in [4.69, 9.17) is 14.6 Å². The number of hydrogen-bond acceptors (Lipinski definition) is 5. The minimum Gasteiger partial charge on any atom is -0.481 e. The van der Waals surface area contributed by atoms with E-state index in [2.05, 4.69) is 0 Å². The van der Waals surface area contributed by atoms with E-state index in [1.807, 2.05) is 0 Å². The van der Waals surface area contributed by atoms with Crippen molar-refractivity contribution in [3.05, 3.63) is 46.0 Å². The summed E-state index contributed by atoms with van der Waals surface area (Å²) in [6.07, 6.45) is 2.29. The maximum Gasteiger partial charge on any atom is 0.338 e. The first-order valence-corrected chi connectivity index (χ1v) is 8.51. The van der Waals surface area contributed by atoms with Crippen molar-refractivity contribution >= 4 is 17.9 Å². The van der Waals surface area contributed by atoms with Crippen molar-refractivity contribution in [2.24, 2.45) is 0 Å². The first-order chi connectivity index (χ1) is 12.1. The monoisotopic (exact) mass is 360 g/mol. The van der Waals surface area contributed by atoms with Crippen LogP contribution in [0.15, 0.2) is 23.8 Å². The van der Waals surface area contributed by atoms with E-state index in [0.717, 1.165) is 11.1 Å². The molecule has 0 aliphatic carbocycles. The molecule has 0 amide bonds. The van der Waals surface area contributed by atoms with Gasteiger partial charge in [-0.2, -0.15) is 0 Å². The van der Waals surface area contributed by atoms with Crippen LogP contribution in [0.3, 0.4) is 0 Å². The summed E-state index contributed by atoms with van der Waals surface area (Å²) in [6.45, 7) is 7.41. The van der Waals surface area contributed by atoms with Crippen LogP contribution in [0.2, 0.25) is 0 Å². The molecule has 0 bridgehead atoms. The summed E-state index contributed by atoms with van der Waals surface area (Å²) >= 11 is 0. The van der Waals surface area contributed by atoms with E-state index in [1.54, 1.807) is 45.9 Å². The van der Waals surface area contributed by atoms with E-state index in [-0.39, 0.29) is 25.4 Å². The lowest BCUT2D eigenvalue weighted by Crippen LogP contribution is -2.24. The van der Waals surface area contributed by atoms with Crippen molar-refractivity contribution in [3.8, 4) is 0 Å². The van der Waals surface area contributed by atoms with Gasteiger partial charge in [-0.3, -0.25) is 4.79 Å². The zero-order valence-corrected chi connectivity index (χ0v) is 15.5. The fourth-order valence-corrected chi connectivity index (χ4v) is 2.86. The standard InChI is InChI=1S/C20H24O6/c1-12-15(7-8-17(21)22)13(11-14-9-10-25-18(14)23)5-6-16(12)19(24)26-20(2,3)4/h5-6,9H,7-8,10-11H2,1-4H3,(H,21,22). The van der Waals surface area contributed by atoms with Crippen molar-refractivity contribution in [2.45, 2.75) is 52.6 Å². The Morgan fingerprint density at radius 3 is 2.50 bits per heavy atom. The first kappa shape index (κ1) is 19.7. The second-order valence-corrected chi connectivity index (χ2v) is 7.28. The average Bonchev–Trinajstić information content (AvgIpc) is 2.90. The molecule has 1 aliphatic rings. The highest BCUT2D eigenvalue weighted by Gasteiger charge is 2.24. The fourth-order valence-electron chi connectivity index (χ4n) is 2.86. The minimum absolute atomic E-state index is 0.0604. The number of aliphatic carboxylic acids is 1. The van der Waals surface area contributed by atoms with Crippen molar-refractivity contribution < 1.29 is 29.0 Å². The third kappa shape index (κ3) is 4.94. The number of rotatable bonds is 6. The number of esters is 2. The molecule has 1 aromatic carbocycles. The van der Waals surface area contributed by atoms with Gasteiger partial charge in [0.05, 0.1) is 5.56 Å². The Kier molecular flexibility index (Phi) is 5.85. The minimum atomic E-state index is -0.919. The van der Waals surface area contributed by atoms with E-state index in [9.17, 15) is 14.4 Å². The average molecular weight is 360 g/mol. The van der Waals surface area contributed by atoms with Crippen molar-refractivity contribution in [1.29, 1.82) is 0 Å². The lowest BCUT2D eigenvalue weighted by Gasteiger charge is -2.21. The third-order valence-electron chi connectivity index (χ3n) is 4.09. The van der Waals surface area contributed by atoms with Gasteiger partial charge in [0.1, 0.15) is 12.2 Å². The van der Waals surface area contributed by atoms with Crippen LogP contribution < -0.4 is 0 Å². The van der Waals surface area contributed by atoms with Gasteiger partial charge in [0, 0.05) is 18.4 Å². The molecule has 26 heavy (non-hydrogen) atoms. The second-order valence-electron chi connectivity index (χ2n) is 7.28. The summed E-state index contributed by atoms with van der Waals surface area (Å²) in [6, 6.07) is 3.43. The molecule has 140 valence electrons. The highest BCUT2D eigenvalue weighted by Crippen LogP contribution is 2.26. The summed E-state index contributed by atoms with van der Waals surface area (Å²) in [5, 5.41) is 9.04. The van der Waals surface area contributed by atoms with Crippen LogP contribution in [0.4, 0.5) is 0 Å². The Balaban J connectivity index is 2.38. The van der Waals surface area contributed by atoms with Gasteiger partial charge in [0.2, 0.25) is 0 Å². The largest absolute Gasteiger partial charge is 0.481 e. The Hall–Kier alpha value is -2.63. The first-order valence-electron chi connectivity index (χ1n) is 8.51. The summed E-state index contributed by atoms with van der Waals surface area (Å²) in [4.78, 5) is 35.2. The molecule has 0 spiro atoms.